The van der Waals surface area contributed by atoms with E-state index in [0.717, 1.165) is 39.0 Å². The van der Waals surface area contributed by atoms with E-state index in [-0.39, 0.29) is 0 Å². The van der Waals surface area contributed by atoms with Crippen LogP contribution in [0.2, 0.25) is 0 Å². The molecule has 0 aliphatic heterocycles. The van der Waals surface area contributed by atoms with Crippen molar-refractivity contribution in [2.75, 3.05) is 4.90 Å². The standard InChI is InChI=1S/C63H39NO/c1-2-15-42-36-45(29-28-40(42)14-1)53-38-44-17-4-3-16-43(44)37-52(53)41-30-32-46(33-31-41)64(47-34-35-61-54(39-47)50-20-8-12-27-60(50)65-61)59-26-13-25-58-62(59)51-21-7-11-24-57(51)63(58)55-22-9-5-18-48(55)49-19-6-10-23-56(49)63/h1-39H. The number of nitrogens with zero attached hydrogens (tertiary/aromatic N) is 1. The Morgan fingerprint density at radius 2 is 0.831 bits per heavy atom. The summed E-state index contributed by atoms with van der Waals surface area (Å²) in [7, 11) is 0. The minimum atomic E-state index is -0.454. The molecule has 0 fully saturated rings. The first kappa shape index (κ1) is 36.1. The minimum Gasteiger partial charge on any atom is -0.456 e. The zero-order chi connectivity index (χ0) is 42.6. The van der Waals surface area contributed by atoms with E-state index in [2.05, 4.69) is 235 Å². The monoisotopic (exact) mass is 825 g/mol. The van der Waals surface area contributed by atoms with Crippen LogP contribution in [-0.4, -0.2) is 0 Å². The van der Waals surface area contributed by atoms with E-state index in [1.165, 1.54) is 88.3 Å². The van der Waals surface area contributed by atoms with E-state index in [0.29, 0.717) is 0 Å². The molecule has 12 aromatic rings. The highest BCUT2D eigenvalue weighted by molar-refractivity contribution is 6.08. The maximum atomic E-state index is 6.40. The first-order valence-electron chi connectivity index (χ1n) is 22.5. The van der Waals surface area contributed by atoms with Gasteiger partial charge in [-0.15, -0.1) is 0 Å². The molecule has 1 aromatic heterocycles. The lowest BCUT2D eigenvalue weighted by atomic mass is 9.70. The van der Waals surface area contributed by atoms with Crippen LogP contribution in [0.15, 0.2) is 241 Å². The molecule has 2 heteroatoms. The Labute approximate surface area is 376 Å². The van der Waals surface area contributed by atoms with Crippen LogP contribution >= 0.6 is 0 Å². The maximum absolute atomic E-state index is 6.40. The Morgan fingerprint density at radius 3 is 1.55 bits per heavy atom. The average Bonchev–Trinajstić information content (AvgIpc) is 4.00. The molecule has 0 saturated heterocycles. The van der Waals surface area contributed by atoms with Crippen LogP contribution in [0.3, 0.4) is 0 Å². The van der Waals surface area contributed by atoms with Crippen LogP contribution in [0.5, 0.6) is 0 Å². The second kappa shape index (κ2) is 13.8. The van der Waals surface area contributed by atoms with E-state index in [4.69, 9.17) is 4.42 Å². The van der Waals surface area contributed by atoms with Crippen molar-refractivity contribution in [2.45, 2.75) is 5.41 Å². The third-order valence-corrected chi connectivity index (χ3v) is 14.2. The van der Waals surface area contributed by atoms with Crippen molar-refractivity contribution in [1.82, 2.24) is 0 Å². The Morgan fingerprint density at radius 1 is 0.308 bits per heavy atom. The zero-order valence-electron chi connectivity index (χ0n) is 35.4. The smallest absolute Gasteiger partial charge is 0.135 e. The van der Waals surface area contributed by atoms with E-state index >= 15 is 0 Å². The molecule has 0 saturated carbocycles. The first-order chi connectivity index (χ1) is 32.2. The van der Waals surface area contributed by atoms with E-state index < -0.39 is 5.41 Å². The quantitative estimate of drug-likeness (QED) is 0.172. The summed E-state index contributed by atoms with van der Waals surface area (Å²) in [6.45, 7) is 0. The summed E-state index contributed by atoms with van der Waals surface area (Å²) in [5.41, 5.74) is 19.8. The van der Waals surface area contributed by atoms with Crippen molar-refractivity contribution in [1.29, 1.82) is 0 Å². The van der Waals surface area contributed by atoms with E-state index in [1.54, 1.807) is 0 Å². The van der Waals surface area contributed by atoms with Crippen molar-refractivity contribution in [2.24, 2.45) is 0 Å². The highest BCUT2D eigenvalue weighted by atomic mass is 16.3. The van der Waals surface area contributed by atoms with Gasteiger partial charge in [-0.05, 0) is 143 Å². The minimum absolute atomic E-state index is 0.454. The second-order valence-electron chi connectivity index (χ2n) is 17.6. The maximum Gasteiger partial charge on any atom is 0.135 e. The van der Waals surface area contributed by atoms with E-state index in [9.17, 15) is 0 Å². The molecule has 11 aromatic carbocycles. The van der Waals surface area contributed by atoms with Gasteiger partial charge in [-0.25, -0.2) is 0 Å². The van der Waals surface area contributed by atoms with Crippen LogP contribution in [-0.2, 0) is 5.41 Å². The molecule has 0 unspecified atom stereocenters. The van der Waals surface area contributed by atoms with Crippen LogP contribution in [0.4, 0.5) is 17.1 Å². The summed E-state index contributed by atoms with van der Waals surface area (Å²) >= 11 is 0. The van der Waals surface area contributed by atoms with Crippen molar-refractivity contribution in [3.8, 4) is 44.5 Å². The SMILES string of the molecule is c1ccc2c(c1)-c1ccccc1C21c2ccccc2-c2c(N(c3ccc(-c4cc5ccccc5cc4-c4ccc5ccccc5c4)cc3)c3ccc4oc5ccccc5c4c3)cccc21. The highest BCUT2D eigenvalue weighted by Gasteiger charge is 2.52. The molecule has 0 atom stereocenters. The fourth-order valence-electron chi connectivity index (χ4n) is 11.5. The highest BCUT2D eigenvalue weighted by Crippen LogP contribution is 2.64. The molecular weight excluding hydrogens is 787 g/mol. The van der Waals surface area contributed by atoms with Gasteiger partial charge in [0.25, 0.3) is 0 Å². The molecular formula is C63H39NO. The van der Waals surface area contributed by atoms with Gasteiger partial charge in [-0.2, -0.15) is 0 Å². The fraction of sp³-hybridized carbons (Fsp3) is 0.0159. The average molecular weight is 826 g/mol. The third kappa shape index (κ3) is 5.17. The van der Waals surface area contributed by atoms with Gasteiger partial charge in [0, 0.05) is 27.7 Å². The van der Waals surface area contributed by atoms with Crippen molar-refractivity contribution in [3.63, 3.8) is 0 Å². The molecule has 1 spiro atoms. The lowest BCUT2D eigenvalue weighted by molar-refractivity contribution is 0.669. The van der Waals surface area contributed by atoms with Crippen molar-refractivity contribution in [3.05, 3.63) is 259 Å². The van der Waals surface area contributed by atoms with Gasteiger partial charge in [0.05, 0.1) is 11.1 Å². The van der Waals surface area contributed by atoms with Crippen LogP contribution in [0.25, 0.3) is 88.0 Å². The molecule has 1 heterocycles. The normalized spacial score (nSPS) is 13.0. The molecule has 0 N–H and O–H groups in total. The molecule has 2 aliphatic carbocycles. The summed E-state index contributed by atoms with van der Waals surface area (Å²) in [4.78, 5) is 2.47. The summed E-state index contributed by atoms with van der Waals surface area (Å²) in [6, 6.07) is 87.3. The number of rotatable bonds is 5. The Kier molecular flexibility index (Phi) is 7.64. The lowest BCUT2D eigenvalue weighted by Crippen LogP contribution is -2.26. The van der Waals surface area contributed by atoms with Crippen molar-refractivity contribution >= 4 is 60.5 Å². The third-order valence-electron chi connectivity index (χ3n) is 14.2. The molecule has 0 bridgehead atoms. The molecule has 302 valence electrons. The Bertz CT molecular complexity index is 3860. The molecule has 0 amide bonds. The van der Waals surface area contributed by atoms with Gasteiger partial charge in [0.2, 0.25) is 0 Å². The number of anilines is 3. The van der Waals surface area contributed by atoms with Gasteiger partial charge in [0.15, 0.2) is 0 Å². The number of furan rings is 1. The molecule has 65 heavy (non-hydrogen) atoms. The summed E-state index contributed by atoms with van der Waals surface area (Å²) in [6.07, 6.45) is 0. The van der Waals surface area contributed by atoms with Crippen LogP contribution in [0, 0.1) is 0 Å². The molecule has 0 radical (unpaired) electrons. The number of para-hydroxylation sites is 1. The number of hydrogen-bond donors (Lipinski definition) is 0. The lowest BCUT2D eigenvalue weighted by Gasteiger charge is -2.32. The molecule has 2 nitrogen and oxygen atoms in total. The van der Waals surface area contributed by atoms with Crippen LogP contribution < -0.4 is 4.90 Å². The van der Waals surface area contributed by atoms with Gasteiger partial charge < -0.3 is 9.32 Å². The molecule has 14 rings (SSSR count). The number of hydrogen-bond acceptors (Lipinski definition) is 2. The number of fused-ring (bicyclic) bond motifs is 15. The van der Waals surface area contributed by atoms with Crippen LogP contribution in [0.1, 0.15) is 22.3 Å². The fourth-order valence-corrected chi connectivity index (χ4v) is 11.5. The van der Waals surface area contributed by atoms with Crippen molar-refractivity contribution < 1.29 is 4.42 Å². The summed E-state index contributed by atoms with van der Waals surface area (Å²) in [5.74, 6) is 0. The Hall–Kier alpha value is -8.46. The predicted octanol–water partition coefficient (Wildman–Crippen LogP) is 17.0. The largest absolute Gasteiger partial charge is 0.456 e. The van der Waals surface area contributed by atoms with Gasteiger partial charge in [0.1, 0.15) is 11.2 Å². The van der Waals surface area contributed by atoms with E-state index in [1.807, 2.05) is 6.07 Å². The zero-order valence-corrected chi connectivity index (χ0v) is 35.4. The second-order valence-corrected chi connectivity index (χ2v) is 17.6. The van der Waals surface area contributed by atoms with Gasteiger partial charge in [-0.1, -0.05) is 176 Å². The summed E-state index contributed by atoms with van der Waals surface area (Å²) < 4.78 is 6.40. The summed E-state index contributed by atoms with van der Waals surface area (Å²) in [5, 5.41) is 7.14. The molecule has 2 aliphatic rings. The first-order valence-corrected chi connectivity index (χ1v) is 22.5. The Balaban J connectivity index is 0.999. The van der Waals surface area contributed by atoms with Gasteiger partial charge in [-0.3, -0.25) is 0 Å². The predicted molar refractivity (Wildman–Crippen MR) is 271 cm³/mol. The number of benzene rings is 11. The topological polar surface area (TPSA) is 16.4 Å². The van der Waals surface area contributed by atoms with Gasteiger partial charge >= 0.3 is 0 Å².